The second-order valence-corrected chi connectivity index (χ2v) is 6.70. The van der Waals surface area contributed by atoms with E-state index in [1.54, 1.807) is 0 Å². The van der Waals surface area contributed by atoms with Gasteiger partial charge in [-0.3, -0.25) is 9.59 Å². The Hall–Kier alpha value is -3.08. The van der Waals surface area contributed by atoms with Crippen LogP contribution in [0.3, 0.4) is 0 Å². The maximum atomic E-state index is 12.6. The van der Waals surface area contributed by atoms with E-state index in [4.69, 9.17) is 0 Å². The van der Waals surface area contributed by atoms with Crippen molar-refractivity contribution in [2.45, 2.75) is 20.4 Å². The van der Waals surface area contributed by atoms with Crippen molar-refractivity contribution in [3.05, 3.63) is 65.9 Å². The summed E-state index contributed by atoms with van der Waals surface area (Å²) in [6.07, 6.45) is 1.85. The Balaban J connectivity index is 1.70. The van der Waals surface area contributed by atoms with E-state index < -0.39 is 0 Å². The van der Waals surface area contributed by atoms with Crippen molar-refractivity contribution < 1.29 is 9.59 Å². The molecule has 2 aromatic carbocycles. The Labute approximate surface area is 153 Å². The van der Waals surface area contributed by atoms with E-state index in [0.717, 1.165) is 22.2 Å². The number of nitrogens with one attached hydrogen (secondary N) is 2. The molecule has 0 unspecified atom stereocenters. The number of anilines is 1. The number of benzene rings is 2. The van der Waals surface area contributed by atoms with E-state index in [-0.39, 0.29) is 17.7 Å². The van der Waals surface area contributed by atoms with Gasteiger partial charge in [-0.1, -0.05) is 44.2 Å². The Kier molecular flexibility index (Phi) is 5.07. The molecule has 0 fully saturated rings. The molecule has 0 aliphatic rings. The third-order valence-corrected chi connectivity index (χ3v) is 4.31. The van der Waals surface area contributed by atoms with Gasteiger partial charge in [0.05, 0.1) is 5.56 Å². The van der Waals surface area contributed by atoms with Crippen LogP contribution in [0.1, 0.15) is 29.8 Å². The van der Waals surface area contributed by atoms with Gasteiger partial charge in [0.2, 0.25) is 5.91 Å². The lowest BCUT2D eigenvalue weighted by Gasteiger charge is -2.10. The predicted molar refractivity (Wildman–Crippen MR) is 104 cm³/mol. The van der Waals surface area contributed by atoms with E-state index in [1.807, 2.05) is 80.2 Å². The normalized spacial score (nSPS) is 10.9. The minimum absolute atomic E-state index is 0.0260. The highest BCUT2D eigenvalue weighted by molar-refractivity contribution is 6.06. The summed E-state index contributed by atoms with van der Waals surface area (Å²) in [7, 11) is 1.93. The first-order valence-corrected chi connectivity index (χ1v) is 8.68. The zero-order chi connectivity index (χ0) is 18.7. The number of fused-ring (bicyclic) bond motifs is 1. The molecule has 0 radical (unpaired) electrons. The van der Waals surface area contributed by atoms with Crippen LogP contribution in [-0.4, -0.2) is 16.4 Å². The first-order chi connectivity index (χ1) is 12.5. The third kappa shape index (κ3) is 3.77. The molecule has 1 heterocycles. The highest BCUT2D eigenvalue weighted by atomic mass is 16.2. The van der Waals surface area contributed by atoms with Gasteiger partial charge in [0.25, 0.3) is 5.91 Å². The van der Waals surface area contributed by atoms with Crippen molar-refractivity contribution >= 4 is 28.4 Å². The average molecular weight is 349 g/mol. The number of nitrogens with zero attached hydrogens (tertiary/aromatic N) is 1. The smallest absolute Gasteiger partial charge is 0.253 e. The van der Waals surface area contributed by atoms with Gasteiger partial charge in [0.1, 0.15) is 0 Å². The lowest BCUT2D eigenvalue weighted by Crippen LogP contribution is -2.23. The Morgan fingerprint density at radius 2 is 1.85 bits per heavy atom. The molecule has 134 valence electrons. The van der Waals surface area contributed by atoms with Crippen LogP contribution in [0.25, 0.3) is 10.9 Å². The summed E-state index contributed by atoms with van der Waals surface area (Å²) >= 11 is 0. The van der Waals surface area contributed by atoms with Crippen molar-refractivity contribution in [1.82, 2.24) is 9.88 Å². The number of carbonyl (C=O) groups is 2. The Bertz CT molecular complexity index is 957. The molecule has 0 atom stereocenters. The van der Waals surface area contributed by atoms with E-state index in [1.165, 1.54) is 0 Å². The molecule has 0 aliphatic heterocycles. The molecule has 1 aromatic heterocycles. The molecular weight excluding hydrogens is 326 g/mol. The van der Waals surface area contributed by atoms with Crippen LogP contribution in [0, 0.1) is 5.92 Å². The molecule has 5 nitrogen and oxygen atoms in total. The maximum Gasteiger partial charge on any atom is 0.253 e. The van der Waals surface area contributed by atoms with Gasteiger partial charge in [0, 0.05) is 42.3 Å². The number of hydrogen-bond donors (Lipinski definition) is 2. The van der Waals surface area contributed by atoms with E-state index >= 15 is 0 Å². The summed E-state index contributed by atoms with van der Waals surface area (Å²) in [5, 5.41) is 6.77. The number of carbonyl (C=O) groups excluding carboxylic acids is 2. The van der Waals surface area contributed by atoms with Crippen LogP contribution in [0.5, 0.6) is 0 Å². The van der Waals surface area contributed by atoms with Crippen molar-refractivity contribution in [2.75, 3.05) is 5.32 Å². The highest BCUT2D eigenvalue weighted by Crippen LogP contribution is 2.20. The first-order valence-electron chi connectivity index (χ1n) is 8.68. The molecule has 5 heteroatoms. The number of amides is 2. The van der Waals surface area contributed by atoms with E-state index in [2.05, 4.69) is 10.6 Å². The largest absolute Gasteiger partial charge is 0.350 e. The molecule has 0 saturated carbocycles. The van der Waals surface area contributed by atoms with Crippen molar-refractivity contribution in [1.29, 1.82) is 0 Å². The van der Waals surface area contributed by atoms with Crippen molar-refractivity contribution in [3.8, 4) is 0 Å². The summed E-state index contributed by atoms with van der Waals surface area (Å²) in [4.78, 5) is 24.4. The maximum absolute atomic E-state index is 12.6. The first kappa shape index (κ1) is 17.7. The van der Waals surface area contributed by atoms with Gasteiger partial charge in [0.15, 0.2) is 0 Å². The molecule has 2 N–H and O–H groups in total. The Morgan fingerprint density at radius 3 is 2.62 bits per heavy atom. The van der Waals surface area contributed by atoms with Crippen LogP contribution in [0.15, 0.2) is 54.7 Å². The SMILES string of the molecule is CC(C)C(=O)Nc1cccc(CNC(=O)c2cn(C)c3ccccc23)c1. The molecular formula is C21H23N3O2. The van der Waals surface area contributed by atoms with Crippen molar-refractivity contribution in [2.24, 2.45) is 13.0 Å². The van der Waals surface area contributed by atoms with Gasteiger partial charge < -0.3 is 15.2 Å². The number of aryl methyl sites for hydroxylation is 1. The van der Waals surface area contributed by atoms with E-state index in [9.17, 15) is 9.59 Å². The van der Waals surface area contributed by atoms with Gasteiger partial charge >= 0.3 is 0 Å². The summed E-state index contributed by atoms with van der Waals surface area (Å²) in [5.74, 6) is -0.218. The number of rotatable bonds is 5. The molecule has 2 amide bonds. The van der Waals surface area contributed by atoms with Crippen LogP contribution in [0.4, 0.5) is 5.69 Å². The lowest BCUT2D eigenvalue weighted by molar-refractivity contribution is -0.118. The van der Waals surface area contributed by atoms with Crippen LogP contribution in [-0.2, 0) is 18.4 Å². The fourth-order valence-corrected chi connectivity index (χ4v) is 2.85. The average Bonchev–Trinajstić information content (AvgIpc) is 2.97. The summed E-state index contributed by atoms with van der Waals surface area (Å²) in [5.41, 5.74) is 3.35. The molecule has 0 bridgehead atoms. The van der Waals surface area contributed by atoms with Gasteiger partial charge in [-0.05, 0) is 23.8 Å². The second kappa shape index (κ2) is 7.44. The third-order valence-electron chi connectivity index (χ3n) is 4.31. The topological polar surface area (TPSA) is 63.1 Å². The minimum atomic E-state index is -0.113. The number of aromatic nitrogens is 1. The van der Waals surface area contributed by atoms with Crippen LogP contribution < -0.4 is 10.6 Å². The van der Waals surface area contributed by atoms with Gasteiger partial charge in [-0.2, -0.15) is 0 Å². The van der Waals surface area contributed by atoms with Crippen molar-refractivity contribution in [3.63, 3.8) is 0 Å². The van der Waals surface area contributed by atoms with Gasteiger partial charge in [-0.25, -0.2) is 0 Å². The summed E-state index contributed by atoms with van der Waals surface area (Å²) < 4.78 is 1.95. The van der Waals surface area contributed by atoms with Crippen LogP contribution in [0.2, 0.25) is 0 Å². The second-order valence-electron chi connectivity index (χ2n) is 6.70. The fourth-order valence-electron chi connectivity index (χ4n) is 2.85. The highest BCUT2D eigenvalue weighted by Gasteiger charge is 2.13. The quantitative estimate of drug-likeness (QED) is 0.738. The van der Waals surface area contributed by atoms with Crippen LogP contribution >= 0.6 is 0 Å². The predicted octanol–water partition coefficient (Wildman–Crippen LogP) is 3.70. The molecule has 0 saturated heterocycles. The zero-order valence-corrected chi connectivity index (χ0v) is 15.2. The minimum Gasteiger partial charge on any atom is -0.350 e. The number of hydrogen-bond acceptors (Lipinski definition) is 2. The zero-order valence-electron chi connectivity index (χ0n) is 15.2. The van der Waals surface area contributed by atoms with E-state index in [0.29, 0.717) is 12.1 Å². The summed E-state index contributed by atoms with van der Waals surface area (Å²) in [6, 6.07) is 15.4. The molecule has 0 aliphatic carbocycles. The number of para-hydroxylation sites is 1. The van der Waals surface area contributed by atoms with Gasteiger partial charge in [-0.15, -0.1) is 0 Å². The Morgan fingerprint density at radius 1 is 1.08 bits per heavy atom. The standard InChI is InChI=1S/C21H23N3O2/c1-14(2)20(25)23-16-8-6-7-15(11-16)12-22-21(26)18-13-24(3)19-10-5-4-9-17(18)19/h4-11,13-14H,12H2,1-3H3,(H,22,26)(H,23,25). The molecule has 26 heavy (non-hydrogen) atoms. The molecule has 3 rings (SSSR count). The molecule has 3 aromatic rings. The molecule has 0 spiro atoms. The monoisotopic (exact) mass is 349 g/mol. The summed E-state index contributed by atoms with van der Waals surface area (Å²) in [6.45, 7) is 4.10. The fraction of sp³-hybridized carbons (Fsp3) is 0.238. The lowest BCUT2D eigenvalue weighted by atomic mass is 10.1.